The van der Waals surface area contributed by atoms with Gasteiger partial charge in [-0.05, 0) is 30.7 Å². The Kier molecular flexibility index (Phi) is 5.64. The number of nitrogens with one attached hydrogen (secondary N) is 1. The van der Waals surface area contributed by atoms with Crippen molar-refractivity contribution in [3.8, 4) is 0 Å². The van der Waals surface area contributed by atoms with E-state index in [1.807, 2.05) is 17.5 Å². The van der Waals surface area contributed by atoms with E-state index in [1.54, 1.807) is 23.7 Å². The fraction of sp³-hybridized carbons (Fsp3) is 0.357. The summed E-state index contributed by atoms with van der Waals surface area (Å²) >= 11 is 1.59. The first-order valence-corrected chi connectivity index (χ1v) is 7.45. The summed E-state index contributed by atoms with van der Waals surface area (Å²) < 4.78 is 0. The predicted molar refractivity (Wildman–Crippen MR) is 79.3 cm³/mol. The molecule has 6 heteroatoms. The van der Waals surface area contributed by atoms with Crippen molar-refractivity contribution < 1.29 is 4.79 Å². The van der Waals surface area contributed by atoms with Crippen molar-refractivity contribution in [2.75, 3.05) is 6.54 Å². The number of pyridine rings is 1. The molecule has 3 N–H and O–H groups in total. The molecule has 2 aromatic rings. The zero-order chi connectivity index (χ0) is 14.2. The topological polar surface area (TPSA) is 80.9 Å². The molecule has 5 nitrogen and oxygen atoms in total. The largest absolute Gasteiger partial charge is 0.352 e. The first-order valence-electron chi connectivity index (χ1n) is 6.57. The minimum Gasteiger partial charge on any atom is -0.352 e. The SMILES string of the molecule is NCCCc1nc(CC(=O)NCc2ccncc2)cs1. The number of aromatic nitrogens is 2. The Morgan fingerprint density at radius 3 is 2.90 bits per heavy atom. The molecule has 106 valence electrons. The molecule has 1 amide bonds. The minimum atomic E-state index is -0.0162. The second-order valence-electron chi connectivity index (χ2n) is 4.43. The van der Waals surface area contributed by atoms with Crippen LogP contribution in [-0.2, 0) is 24.2 Å². The Bertz CT molecular complexity index is 541. The van der Waals surface area contributed by atoms with Gasteiger partial charge in [-0.2, -0.15) is 0 Å². The first-order chi connectivity index (χ1) is 9.78. The summed E-state index contributed by atoms with van der Waals surface area (Å²) in [5.74, 6) is -0.0162. The fourth-order valence-electron chi connectivity index (χ4n) is 1.73. The zero-order valence-corrected chi connectivity index (χ0v) is 12.0. The molecule has 0 atom stereocenters. The molecule has 2 rings (SSSR count). The van der Waals surface area contributed by atoms with Crippen LogP contribution in [0.25, 0.3) is 0 Å². The van der Waals surface area contributed by atoms with E-state index in [2.05, 4.69) is 15.3 Å². The molecule has 2 aromatic heterocycles. The number of nitrogens with zero attached hydrogens (tertiary/aromatic N) is 2. The summed E-state index contributed by atoms with van der Waals surface area (Å²) in [5.41, 5.74) is 7.33. The molecule has 0 fully saturated rings. The number of hydrogen-bond acceptors (Lipinski definition) is 5. The van der Waals surface area contributed by atoms with Crippen molar-refractivity contribution in [2.24, 2.45) is 5.73 Å². The van der Waals surface area contributed by atoms with Crippen LogP contribution in [0.1, 0.15) is 22.7 Å². The molecular weight excluding hydrogens is 272 g/mol. The third-order valence-corrected chi connectivity index (χ3v) is 3.73. The molecule has 2 heterocycles. The van der Waals surface area contributed by atoms with Crippen molar-refractivity contribution >= 4 is 17.2 Å². The van der Waals surface area contributed by atoms with Gasteiger partial charge < -0.3 is 11.1 Å². The van der Waals surface area contributed by atoms with Gasteiger partial charge in [-0.15, -0.1) is 11.3 Å². The van der Waals surface area contributed by atoms with E-state index in [9.17, 15) is 4.79 Å². The van der Waals surface area contributed by atoms with Gasteiger partial charge in [0.05, 0.1) is 17.1 Å². The van der Waals surface area contributed by atoms with Gasteiger partial charge in [0.25, 0.3) is 0 Å². The number of thiazole rings is 1. The van der Waals surface area contributed by atoms with Gasteiger partial charge >= 0.3 is 0 Å². The van der Waals surface area contributed by atoms with Gasteiger partial charge in [-0.3, -0.25) is 9.78 Å². The minimum absolute atomic E-state index is 0.0162. The summed E-state index contributed by atoms with van der Waals surface area (Å²) in [6, 6.07) is 3.77. The van der Waals surface area contributed by atoms with Crippen LogP contribution in [0.5, 0.6) is 0 Å². The summed E-state index contributed by atoms with van der Waals surface area (Å²) in [6.07, 6.45) is 5.57. The van der Waals surface area contributed by atoms with E-state index in [1.165, 1.54) is 0 Å². The maximum atomic E-state index is 11.8. The quantitative estimate of drug-likeness (QED) is 0.805. The average Bonchev–Trinajstić information content (AvgIpc) is 2.91. The lowest BCUT2D eigenvalue weighted by atomic mass is 10.2. The smallest absolute Gasteiger partial charge is 0.226 e. The van der Waals surface area contributed by atoms with Crippen LogP contribution in [0.2, 0.25) is 0 Å². The third kappa shape index (κ3) is 4.71. The Hall–Kier alpha value is -1.79. The van der Waals surface area contributed by atoms with Crippen LogP contribution in [-0.4, -0.2) is 22.4 Å². The van der Waals surface area contributed by atoms with Crippen molar-refractivity contribution in [1.82, 2.24) is 15.3 Å². The van der Waals surface area contributed by atoms with E-state index in [0.717, 1.165) is 29.1 Å². The van der Waals surface area contributed by atoms with Crippen molar-refractivity contribution in [1.29, 1.82) is 0 Å². The number of rotatable bonds is 7. The van der Waals surface area contributed by atoms with E-state index in [4.69, 9.17) is 5.73 Å². The second-order valence-corrected chi connectivity index (χ2v) is 5.38. The van der Waals surface area contributed by atoms with E-state index in [0.29, 0.717) is 19.5 Å². The molecule has 0 bridgehead atoms. The molecule has 0 unspecified atom stereocenters. The summed E-state index contributed by atoms with van der Waals surface area (Å²) in [4.78, 5) is 20.2. The number of carbonyl (C=O) groups excluding carboxylic acids is 1. The third-order valence-electron chi connectivity index (χ3n) is 2.77. The molecule has 0 spiro atoms. The lowest BCUT2D eigenvalue weighted by Gasteiger charge is -2.03. The second kappa shape index (κ2) is 7.72. The van der Waals surface area contributed by atoms with Gasteiger partial charge in [-0.1, -0.05) is 0 Å². The van der Waals surface area contributed by atoms with Crippen LogP contribution in [0.3, 0.4) is 0 Å². The monoisotopic (exact) mass is 290 g/mol. The molecular formula is C14H18N4OS. The summed E-state index contributed by atoms with van der Waals surface area (Å²) in [5, 5.41) is 5.87. The lowest BCUT2D eigenvalue weighted by molar-refractivity contribution is -0.120. The Balaban J connectivity index is 1.78. The van der Waals surface area contributed by atoms with Crippen LogP contribution in [0.4, 0.5) is 0 Å². The van der Waals surface area contributed by atoms with Gasteiger partial charge in [0.2, 0.25) is 5.91 Å². The maximum absolute atomic E-state index is 11.8. The summed E-state index contributed by atoms with van der Waals surface area (Å²) in [6.45, 7) is 1.19. The number of aryl methyl sites for hydroxylation is 1. The van der Waals surface area contributed by atoms with Crippen molar-refractivity contribution in [3.63, 3.8) is 0 Å². The van der Waals surface area contributed by atoms with Crippen LogP contribution < -0.4 is 11.1 Å². The lowest BCUT2D eigenvalue weighted by Crippen LogP contribution is -2.24. The summed E-state index contributed by atoms with van der Waals surface area (Å²) in [7, 11) is 0. The van der Waals surface area contributed by atoms with E-state index in [-0.39, 0.29) is 5.91 Å². The van der Waals surface area contributed by atoms with Crippen LogP contribution in [0, 0.1) is 0 Å². The van der Waals surface area contributed by atoms with Crippen LogP contribution in [0.15, 0.2) is 29.9 Å². The highest BCUT2D eigenvalue weighted by Gasteiger charge is 2.07. The number of hydrogen-bond donors (Lipinski definition) is 2. The highest BCUT2D eigenvalue weighted by Crippen LogP contribution is 2.12. The molecule has 0 aliphatic rings. The number of carbonyl (C=O) groups is 1. The van der Waals surface area contributed by atoms with Gasteiger partial charge in [0, 0.05) is 30.7 Å². The van der Waals surface area contributed by atoms with Gasteiger partial charge in [0.1, 0.15) is 0 Å². The van der Waals surface area contributed by atoms with Crippen molar-refractivity contribution in [3.05, 3.63) is 46.2 Å². The highest BCUT2D eigenvalue weighted by atomic mass is 32.1. The molecule has 0 aliphatic carbocycles. The van der Waals surface area contributed by atoms with Gasteiger partial charge in [0.15, 0.2) is 0 Å². The van der Waals surface area contributed by atoms with Crippen LogP contribution >= 0.6 is 11.3 Å². The number of amides is 1. The van der Waals surface area contributed by atoms with E-state index < -0.39 is 0 Å². The molecule has 0 saturated carbocycles. The van der Waals surface area contributed by atoms with E-state index >= 15 is 0 Å². The normalized spacial score (nSPS) is 10.4. The first kappa shape index (κ1) is 14.6. The standard InChI is InChI=1S/C14H18N4OS/c15-5-1-2-14-18-12(10-20-14)8-13(19)17-9-11-3-6-16-7-4-11/h3-4,6-7,10H,1-2,5,8-9,15H2,(H,17,19). The maximum Gasteiger partial charge on any atom is 0.226 e. The predicted octanol–water partition coefficient (Wildman–Crippen LogP) is 1.29. The highest BCUT2D eigenvalue weighted by molar-refractivity contribution is 7.09. The number of nitrogens with two attached hydrogens (primary N) is 1. The molecule has 0 aliphatic heterocycles. The molecule has 20 heavy (non-hydrogen) atoms. The molecule has 0 radical (unpaired) electrons. The Morgan fingerprint density at radius 2 is 2.15 bits per heavy atom. The van der Waals surface area contributed by atoms with Crippen molar-refractivity contribution in [2.45, 2.75) is 25.8 Å². The average molecular weight is 290 g/mol. The zero-order valence-electron chi connectivity index (χ0n) is 11.2. The molecule has 0 saturated heterocycles. The van der Waals surface area contributed by atoms with Gasteiger partial charge in [-0.25, -0.2) is 4.98 Å². The Labute approximate surface area is 122 Å². The fourth-order valence-corrected chi connectivity index (χ4v) is 2.57. The Morgan fingerprint density at radius 1 is 1.35 bits per heavy atom. The molecule has 0 aromatic carbocycles.